The van der Waals surface area contributed by atoms with Crippen molar-refractivity contribution in [1.29, 1.82) is 0 Å². The van der Waals surface area contributed by atoms with Crippen molar-refractivity contribution < 1.29 is 8.78 Å². The van der Waals surface area contributed by atoms with Gasteiger partial charge in [0.25, 0.3) is 0 Å². The smallest absolute Gasteiger partial charge is 0.276 e. The molecule has 104 valence electrons. The average Bonchev–Trinajstić information content (AvgIpc) is 2.86. The quantitative estimate of drug-likeness (QED) is 0.848. The van der Waals surface area contributed by atoms with E-state index in [0.717, 1.165) is 4.57 Å². The molecule has 2 aromatic rings. The SMILES string of the molecule is CC(C)(C)n1ncn(Cc2nccn2C(F)F)c1=O. The maximum Gasteiger partial charge on any atom is 0.346 e. The minimum atomic E-state index is -2.68. The maximum atomic E-state index is 12.7. The largest absolute Gasteiger partial charge is 0.346 e. The molecule has 0 radical (unpaired) electrons. The minimum Gasteiger partial charge on any atom is -0.276 e. The van der Waals surface area contributed by atoms with Crippen LogP contribution in [-0.4, -0.2) is 23.9 Å². The van der Waals surface area contributed by atoms with Gasteiger partial charge in [0.15, 0.2) is 0 Å². The highest BCUT2D eigenvalue weighted by atomic mass is 19.3. The third kappa shape index (κ3) is 2.56. The first-order valence-electron chi connectivity index (χ1n) is 5.75. The van der Waals surface area contributed by atoms with Crippen LogP contribution >= 0.6 is 0 Å². The molecule has 0 spiro atoms. The predicted octanol–water partition coefficient (Wildman–Crippen LogP) is 1.44. The summed E-state index contributed by atoms with van der Waals surface area (Å²) in [6.07, 6.45) is 3.79. The van der Waals surface area contributed by atoms with E-state index < -0.39 is 12.1 Å². The van der Waals surface area contributed by atoms with Crippen LogP contribution in [0.3, 0.4) is 0 Å². The number of halogens is 2. The standard InChI is InChI=1S/C11H15F2N5O/c1-11(2,3)18-10(19)16(7-15-18)6-8-14-4-5-17(8)9(12)13/h4-5,7,9H,6H2,1-3H3. The van der Waals surface area contributed by atoms with Gasteiger partial charge in [0.05, 0.1) is 12.1 Å². The fraction of sp³-hybridized carbons (Fsp3) is 0.545. The van der Waals surface area contributed by atoms with Gasteiger partial charge in [0.2, 0.25) is 0 Å². The van der Waals surface area contributed by atoms with Crippen molar-refractivity contribution in [1.82, 2.24) is 23.9 Å². The molecule has 0 atom stereocenters. The lowest BCUT2D eigenvalue weighted by atomic mass is 10.1. The summed E-state index contributed by atoms with van der Waals surface area (Å²) in [5.74, 6) is 0.116. The second-order valence-corrected chi connectivity index (χ2v) is 5.15. The highest BCUT2D eigenvalue weighted by Crippen LogP contribution is 2.13. The molecule has 0 aliphatic rings. The summed E-state index contributed by atoms with van der Waals surface area (Å²) >= 11 is 0. The number of imidazole rings is 1. The van der Waals surface area contributed by atoms with E-state index >= 15 is 0 Å². The van der Waals surface area contributed by atoms with E-state index in [1.54, 1.807) is 0 Å². The predicted molar refractivity (Wildman–Crippen MR) is 64.1 cm³/mol. The van der Waals surface area contributed by atoms with Gasteiger partial charge < -0.3 is 0 Å². The summed E-state index contributed by atoms with van der Waals surface area (Å²) < 4.78 is 28.6. The Labute approximate surface area is 108 Å². The zero-order valence-electron chi connectivity index (χ0n) is 10.9. The average molecular weight is 271 g/mol. The number of nitrogens with zero attached hydrogens (tertiary/aromatic N) is 5. The second-order valence-electron chi connectivity index (χ2n) is 5.15. The van der Waals surface area contributed by atoms with Crippen molar-refractivity contribution in [3.63, 3.8) is 0 Å². The lowest BCUT2D eigenvalue weighted by molar-refractivity contribution is 0.0666. The lowest BCUT2D eigenvalue weighted by Gasteiger charge is -2.16. The normalized spacial score (nSPS) is 12.3. The van der Waals surface area contributed by atoms with Crippen LogP contribution in [0.2, 0.25) is 0 Å². The minimum absolute atomic E-state index is 0.0355. The Morgan fingerprint density at radius 2 is 2.05 bits per heavy atom. The van der Waals surface area contributed by atoms with Crippen LogP contribution in [0.15, 0.2) is 23.5 Å². The molecular formula is C11H15F2N5O. The van der Waals surface area contributed by atoms with Crippen molar-refractivity contribution >= 4 is 0 Å². The Bertz CT molecular complexity index is 620. The second kappa shape index (κ2) is 4.60. The lowest BCUT2D eigenvalue weighted by Crippen LogP contribution is -2.36. The molecule has 6 nitrogen and oxygen atoms in total. The Morgan fingerprint density at radius 3 is 2.58 bits per heavy atom. The molecule has 2 heterocycles. The summed E-state index contributed by atoms with van der Waals surface area (Å²) in [4.78, 5) is 15.9. The van der Waals surface area contributed by atoms with Gasteiger partial charge in [-0.15, -0.1) is 0 Å². The van der Waals surface area contributed by atoms with Crippen LogP contribution in [-0.2, 0) is 12.1 Å². The van der Waals surface area contributed by atoms with Crippen LogP contribution < -0.4 is 5.69 Å². The van der Waals surface area contributed by atoms with Gasteiger partial charge in [-0.05, 0) is 20.8 Å². The van der Waals surface area contributed by atoms with Gasteiger partial charge >= 0.3 is 12.2 Å². The van der Waals surface area contributed by atoms with Crippen molar-refractivity contribution in [2.45, 2.75) is 39.4 Å². The van der Waals surface area contributed by atoms with E-state index in [2.05, 4.69) is 10.1 Å². The van der Waals surface area contributed by atoms with Gasteiger partial charge in [-0.3, -0.25) is 9.13 Å². The zero-order valence-corrected chi connectivity index (χ0v) is 10.9. The van der Waals surface area contributed by atoms with E-state index in [0.29, 0.717) is 0 Å². The van der Waals surface area contributed by atoms with Crippen LogP contribution in [0.4, 0.5) is 8.78 Å². The molecule has 0 unspecified atom stereocenters. The first kappa shape index (κ1) is 13.4. The van der Waals surface area contributed by atoms with Crippen LogP contribution in [0.5, 0.6) is 0 Å². The molecule has 0 aliphatic carbocycles. The molecule has 0 aliphatic heterocycles. The summed E-state index contributed by atoms with van der Waals surface area (Å²) in [7, 11) is 0. The monoisotopic (exact) mass is 271 g/mol. The molecule has 19 heavy (non-hydrogen) atoms. The van der Waals surface area contributed by atoms with Gasteiger partial charge in [-0.25, -0.2) is 14.5 Å². The number of hydrogen-bond acceptors (Lipinski definition) is 3. The first-order chi connectivity index (χ1) is 8.80. The molecule has 0 saturated carbocycles. The van der Waals surface area contributed by atoms with Crippen molar-refractivity contribution in [2.24, 2.45) is 0 Å². The highest BCUT2D eigenvalue weighted by Gasteiger charge is 2.20. The molecule has 0 bridgehead atoms. The van der Waals surface area contributed by atoms with E-state index in [4.69, 9.17) is 0 Å². The number of aromatic nitrogens is 5. The Hall–Kier alpha value is -1.99. The van der Waals surface area contributed by atoms with Gasteiger partial charge in [0.1, 0.15) is 12.2 Å². The number of rotatable bonds is 3. The molecule has 0 N–H and O–H groups in total. The Kier molecular flexibility index (Phi) is 3.25. The number of alkyl halides is 2. The fourth-order valence-corrected chi connectivity index (χ4v) is 1.70. The molecule has 0 saturated heterocycles. The first-order valence-corrected chi connectivity index (χ1v) is 5.75. The third-order valence-electron chi connectivity index (χ3n) is 2.64. The van der Waals surface area contributed by atoms with E-state index in [-0.39, 0.29) is 18.1 Å². The molecule has 0 fully saturated rings. The van der Waals surface area contributed by atoms with Crippen molar-refractivity contribution in [3.05, 3.63) is 35.0 Å². The molecule has 0 aromatic carbocycles. The van der Waals surface area contributed by atoms with Gasteiger partial charge in [-0.1, -0.05) is 0 Å². The van der Waals surface area contributed by atoms with Crippen molar-refractivity contribution in [2.75, 3.05) is 0 Å². The van der Waals surface area contributed by atoms with E-state index in [1.165, 1.54) is 28.0 Å². The molecule has 2 rings (SSSR count). The molecule has 2 aromatic heterocycles. The summed E-state index contributed by atoms with van der Waals surface area (Å²) in [5, 5.41) is 3.98. The van der Waals surface area contributed by atoms with E-state index in [1.807, 2.05) is 20.8 Å². The molecule has 0 amide bonds. The summed E-state index contributed by atoms with van der Waals surface area (Å²) in [5.41, 5.74) is -0.808. The highest BCUT2D eigenvalue weighted by molar-refractivity contribution is 4.94. The maximum absolute atomic E-state index is 12.7. The van der Waals surface area contributed by atoms with Gasteiger partial charge in [-0.2, -0.15) is 13.9 Å². The number of hydrogen-bond donors (Lipinski definition) is 0. The third-order valence-corrected chi connectivity index (χ3v) is 2.64. The van der Waals surface area contributed by atoms with Gasteiger partial charge in [0, 0.05) is 12.4 Å². The topological polar surface area (TPSA) is 57.6 Å². The summed E-state index contributed by atoms with van der Waals surface area (Å²) in [6.45, 7) is 2.81. The van der Waals surface area contributed by atoms with Crippen LogP contribution in [0.25, 0.3) is 0 Å². The molecular weight excluding hydrogens is 256 g/mol. The Morgan fingerprint density at radius 1 is 1.37 bits per heavy atom. The van der Waals surface area contributed by atoms with E-state index in [9.17, 15) is 13.6 Å². The Balaban J connectivity index is 2.33. The van der Waals surface area contributed by atoms with Crippen LogP contribution in [0, 0.1) is 0 Å². The van der Waals surface area contributed by atoms with Crippen LogP contribution in [0.1, 0.15) is 33.1 Å². The summed E-state index contributed by atoms with van der Waals surface area (Å²) in [6, 6.07) is 0. The fourth-order valence-electron chi connectivity index (χ4n) is 1.70. The zero-order chi connectivity index (χ0) is 14.2. The van der Waals surface area contributed by atoms with Crippen molar-refractivity contribution in [3.8, 4) is 0 Å². The molecule has 8 heteroatoms.